The molecule has 0 aromatic carbocycles. The van der Waals surface area contributed by atoms with Crippen molar-refractivity contribution >= 4 is 23.4 Å². The van der Waals surface area contributed by atoms with Crippen molar-refractivity contribution < 1.29 is 5.11 Å². The zero-order chi connectivity index (χ0) is 11.4. The average Bonchev–Trinajstić information content (AvgIpc) is 2.22. The molecule has 6 heteroatoms. The molecular formula is C9H15ClN4O. The molecule has 84 valence electrons. The highest BCUT2D eigenvalue weighted by atomic mass is 35.5. The van der Waals surface area contributed by atoms with Crippen molar-refractivity contribution in [3.63, 3.8) is 0 Å². The monoisotopic (exact) mass is 230 g/mol. The number of nitrogen functional groups attached to an aromatic ring is 1. The first kappa shape index (κ1) is 12.0. The van der Waals surface area contributed by atoms with Crippen molar-refractivity contribution in [2.45, 2.75) is 19.9 Å². The van der Waals surface area contributed by atoms with Crippen LogP contribution in [0, 0.1) is 5.92 Å². The molecule has 1 aromatic heterocycles. The number of hydrogen-bond acceptors (Lipinski definition) is 5. The number of aromatic nitrogens is 2. The van der Waals surface area contributed by atoms with Crippen LogP contribution in [0.4, 0.5) is 11.8 Å². The molecule has 0 amide bonds. The molecule has 5 nitrogen and oxygen atoms in total. The van der Waals surface area contributed by atoms with Crippen molar-refractivity contribution in [2.75, 3.05) is 17.7 Å². The number of aliphatic hydroxyl groups is 1. The quantitative estimate of drug-likeness (QED) is 0.723. The predicted molar refractivity (Wildman–Crippen MR) is 60.8 cm³/mol. The molecule has 0 saturated carbocycles. The van der Waals surface area contributed by atoms with Crippen LogP contribution in [0.5, 0.6) is 0 Å². The molecule has 0 aliphatic carbocycles. The Kier molecular flexibility index (Phi) is 4.11. The van der Waals surface area contributed by atoms with Crippen LogP contribution in [-0.4, -0.2) is 27.7 Å². The van der Waals surface area contributed by atoms with Gasteiger partial charge >= 0.3 is 0 Å². The number of halogens is 1. The van der Waals surface area contributed by atoms with E-state index in [0.717, 1.165) is 0 Å². The third-order valence-corrected chi connectivity index (χ3v) is 2.55. The molecule has 0 saturated heterocycles. The van der Waals surface area contributed by atoms with Crippen molar-refractivity contribution in [3.8, 4) is 0 Å². The van der Waals surface area contributed by atoms with E-state index in [1.807, 2.05) is 13.8 Å². The van der Waals surface area contributed by atoms with Crippen LogP contribution in [0.2, 0.25) is 5.02 Å². The largest absolute Gasteiger partial charge is 0.396 e. The minimum atomic E-state index is 0.0572. The molecular weight excluding hydrogens is 216 g/mol. The molecule has 0 aliphatic heterocycles. The van der Waals surface area contributed by atoms with Gasteiger partial charge in [-0.25, -0.2) is 4.98 Å². The smallest absolute Gasteiger partial charge is 0.222 e. The number of nitrogens with one attached hydrogen (secondary N) is 1. The van der Waals surface area contributed by atoms with Gasteiger partial charge in [0, 0.05) is 12.6 Å². The lowest BCUT2D eigenvalue weighted by molar-refractivity contribution is 0.226. The number of hydrogen-bond donors (Lipinski definition) is 3. The van der Waals surface area contributed by atoms with Gasteiger partial charge in [-0.15, -0.1) is 0 Å². The summed E-state index contributed by atoms with van der Waals surface area (Å²) in [4.78, 5) is 7.73. The fraction of sp³-hybridized carbons (Fsp3) is 0.556. The summed E-state index contributed by atoms with van der Waals surface area (Å²) in [5.41, 5.74) is 5.44. The van der Waals surface area contributed by atoms with E-state index in [0.29, 0.717) is 10.8 Å². The molecule has 2 unspecified atom stereocenters. The highest BCUT2D eigenvalue weighted by molar-refractivity contribution is 6.32. The zero-order valence-corrected chi connectivity index (χ0v) is 9.49. The number of nitrogens with zero attached hydrogens (tertiary/aromatic N) is 2. The van der Waals surface area contributed by atoms with Crippen molar-refractivity contribution in [3.05, 3.63) is 11.2 Å². The molecule has 0 fully saturated rings. The molecule has 2 atom stereocenters. The third kappa shape index (κ3) is 3.21. The Labute approximate surface area is 93.7 Å². The van der Waals surface area contributed by atoms with Crippen molar-refractivity contribution in [1.82, 2.24) is 9.97 Å². The van der Waals surface area contributed by atoms with Gasteiger partial charge < -0.3 is 16.2 Å². The summed E-state index contributed by atoms with van der Waals surface area (Å²) in [5, 5.41) is 12.5. The average molecular weight is 231 g/mol. The highest BCUT2D eigenvalue weighted by Crippen LogP contribution is 2.20. The van der Waals surface area contributed by atoms with Gasteiger partial charge in [-0.05, 0) is 12.8 Å². The van der Waals surface area contributed by atoms with Gasteiger partial charge in [-0.3, -0.25) is 0 Å². The second-order valence-electron chi connectivity index (χ2n) is 3.52. The normalized spacial score (nSPS) is 14.7. The lowest BCUT2D eigenvalue weighted by Crippen LogP contribution is -2.27. The molecule has 4 N–H and O–H groups in total. The van der Waals surface area contributed by atoms with Crippen LogP contribution in [0.1, 0.15) is 13.8 Å². The number of aliphatic hydroxyl groups excluding tert-OH is 1. The molecule has 1 rings (SSSR count). The van der Waals surface area contributed by atoms with E-state index in [9.17, 15) is 0 Å². The highest BCUT2D eigenvalue weighted by Gasteiger charge is 2.13. The zero-order valence-electron chi connectivity index (χ0n) is 8.74. The van der Waals surface area contributed by atoms with Gasteiger partial charge in [0.1, 0.15) is 5.02 Å². The van der Waals surface area contributed by atoms with E-state index in [-0.39, 0.29) is 24.5 Å². The van der Waals surface area contributed by atoms with Crippen LogP contribution in [0.15, 0.2) is 6.20 Å². The molecule has 0 bridgehead atoms. The molecule has 1 aromatic rings. The Bertz CT molecular complexity index is 334. The third-order valence-electron chi connectivity index (χ3n) is 2.27. The van der Waals surface area contributed by atoms with Gasteiger partial charge in [0.2, 0.25) is 5.95 Å². The summed E-state index contributed by atoms with van der Waals surface area (Å²) in [6.07, 6.45) is 1.45. The van der Waals surface area contributed by atoms with E-state index in [4.69, 9.17) is 22.4 Å². The summed E-state index contributed by atoms with van der Waals surface area (Å²) >= 11 is 5.88. The summed E-state index contributed by atoms with van der Waals surface area (Å²) in [5.74, 6) is 0.778. The van der Waals surface area contributed by atoms with Crippen LogP contribution in [0.3, 0.4) is 0 Å². The maximum atomic E-state index is 8.98. The van der Waals surface area contributed by atoms with E-state index in [1.54, 1.807) is 0 Å². The molecule has 0 spiro atoms. The molecule has 0 radical (unpaired) electrons. The fourth-order valence-corrected chi connectivity index (χ4v) is 1.14. The Balaban J connectivity index is 2.75. The first-order chi connectivity index (χ1) is 7.04. The SMILES string of the molecule is CC(CO)C(C)Nc1nc(N)ncc1Cl. The minimum Gasteiger partial charge on any atom is -0.396 e. The van der Waals surface area contributed by atoms with Crippen LogP contribution in [-0.2, 0) is 0 Å². The van der Waals surface area contributed by atoms with E-state index in [2.05, 4.69) is 15.3 Å². The molecule has 0 aliphatic rings. The summed E-state index contributed by atoms with van der Waals surface area (Å²) in [6, 6.07) is 0.0572. The lowest BCUT2D eigenvalue weighted by Gasteiger charge is -2.20. The number of nitrogens with two attached hydrogens (primary N) is 1. The van der Waals surface area contributed by atoms with Gasteiger partial charge in [-0.2, -0.15) is 4.98 Å². The topological polar surface area (TPSA) is 84.1 Å². The first-order valence-electron chi connectivity index (χ1n) is 4.70. The summed E-state index contributed by atoms with van der Waals surface area (Å²) in [7, 11) is 0. The summed E-state index contributed by atoms with van der Waals surface area (Å²) < 4.78 is 0. The maximum absolute atomic E-state index is 8.98. The maximum Gasteiger partial charge on any atom is 0.222 e. The number of anilines is 2. The van der Waals surface area contributed by atoms with Gasteiger partial charge in [0.25, 0.3) is 0 Å². The second kappa shape index (κ2) is 5.14. The van der Waals surface area contributed by atoms with Crippen LogP contribution in [0.25, 0.3) is 0 Å². The second-order valence-corrected chi connectivity index (χ2v) is 3.92. The van der Waals surface area contributed by atoms with Crippen molar-refractivity contribution in [2.24, 2.45) is 5.92 Å². The standard InChI is InChI=1S/C9H15ClN4O/c1-5(4-15)6(2)13-8-7(10)3-12-9(11)14-8/h3,5-6,15H,4H2,1-2H3,(H3,11,12,13,14). The number of rotatable bonds is 4. The lowest BCUT2D eigenvalue weighted by atomic mass is 10.1. The van der Waals surface area contributed by atoms with Crippen LogP contribution < -0.4 is 11.1 Å². The minimum absolute atomic E-state index is 0.0572. The Hall–Kier alpha value is -1.07. The summed E-state index contributed by atoms with van der Waals surface area (Å²) in [6.45, 7) is 3.97. The molecule has 1 heterocycles. The van der Waals surface area contributed by atoms with Gasteiger partial charge in [0.05, 0.1) is 6.20 Å². The van der Waals surface area contributed by atoms with Crippen LogP contribution >= 0.6 is 11.6 Å². The van der Waals surface area contributed by atoms with E-state index in [1.165, 1.54) is 6.20 Å². The van der Waals surface area contributed by atoms with Crippen molar-refractivity contribution in [1.29, 1.82) is 0 Å². The predicted octanol–water partition coefficient (Wildman–Crippen LogP) is 1.14. The first-order valence-corrected chi connectivity index (χ1v) is 5.07. The fourth-order valence-electron chi connectivity index (χ4n) is 0.998. The Morgan fingerprint density at radius 2 is 2.27 bits per heavy atom. The van der Waals surface area contributed by atoms with E-state index < -0.39 is 0 Å². The Morgan fingerprint density at radius 3 is 2.87 bits per heavy atom. The Morgan fingerprint density at radius 1 is 1.60 bits per heavy atom. The van der Waals surface area contributed by atoms with E-state index >= 15 is 0 Å². The molecule has 15 heavy (non-hydrogen) atoms. The van der Waals surface area contributed by atoms with Gasteiger partial charge in [-0.1, -0.05) is 18.5 Å². The van der Waals surface area contributed by atoms with Gasteiger partial charge in [0.15, 0.2) is 5.82 Å².